The van der Waals surface area contributed by atoms with Crippen LogP contribution in [0.2, 0.25) is 17.3 Å². The normalized spacial score (nSPS) is 11.5. The number of benzene rings is 3. The summed E-state index contributed by atoms with van der Waals surface area (Å²) in [5, 5.41) is 2.05. The average molecular weight is 897 g/mol. The maximum atomic E-state index is 5.95. The topological polar surface area (TPSA) is 51.8 Å². The van der Waals surface area contributed by atoms with Crippen molar-refractivity contribution in [1.82, 2.24) is 15.0 Å². The van der Waals surface area contributed by atoms with Gasteiger partial charge < -0.3 is 9.40 Å². The molecule has 0 unspecified atom stereocenters. The van der Waals surface area contributed by atoms with E-state index in [1.165, 1.54) is 11.1 Å². The van der Waals surface area contributed by atoms with E-state index in [0.29, 0.717) is 17.5 Å². The van der Waals surface area contributed by atoms with Crippen molar-refractivity contribution in [2.24, 2.45) is 11.8 Å². The Labute approximate surface area is 313 Å². The molecule has 257 valence electrons. The van der Waals surface area contributed by atoms with Crippen molar-refractivity contribution < 1.29 is 24.5 Å². The van der Waals surface area contributed by atoms with Crippen molar-refractivity contribution in [1.29, 1.82) is 0 Å². The van der Waals surface area contributed by atoms with Crippen LogP contribution in [0.25, 0.3) is 55.7 Å². The Bertz CT molecular complexity index is 2170. The second-order valence-corrected chi connectivity index (χ2v) is 25.2. The Hall–Kier alpha value is -3.90. The molecule has 4 nitrogen and oxygen atoms in total. The molecule has 0 aliphatic heterocycles. The first-order valence-corrected chi connectivity index (χ1v) is 24.6. The molecule has 7 aromatic rings. The fraction of sp³-hybridized carbons (Fsp3) is 0.250. The Balaban J connectivity index is 0.000000204. The van der Waals surface area contributed by atoms with Gasteiger partial charge in [-0.3, -0.25) is 0 Å². The van der Waals surface area contributed by atoms with Crippen LogP contribution in [0.3, 0.4) is 0 Å². The number of furan rings is 1. The van der Waals surface area contributed by atoms with Crippen molar-refractivity contribution >= 4 is 39.7 Å². The van der Waals surface area contributed by atoms with Crippen molar-refractivity contribution in [2.45, 2.75) is 57.8 Å². The van der Waals surface area contributed by atoms with Crippen molar-refractivity contribution in [3.05, 3.63) is 133 Å². The number of rotatable bonds is 8. The molecule has 1 radical (unpaired) electrons. The quantitative estimate of drug-likeness (QED) is 0.113. The molecule has 4 aromatic heterocycles. The third-order valence-corrected chi connectivity index (χ3v) is 12.9. The molecule has 0 spiro atoms. The summed E-state index contributed by atoms with van der Waals surface area (Å²) in [6, 6.07) is 37.7. The van der Waals surface area contributed by atoms with Gasteiger partial charge in [-0.1, -0.05) is 61.2 Å². The van der Waals surface area contributed by atoms with Gasteiger partial charge in [-0.05, 0) is 35.7 Å². The third-order valence-electron chi connectivity index (χ3n) is 8.52. The minimum Gasteiger partial charge on any atom is -0.486 e. The Kier molecular flexibility index (Phi) is 12.3. The van der Waals surface area contributed by atoms with Gasteiger partial charge in [-0.2, -0.15) is 0 Å². The molecule has 0 amide bonds. The Morgan fingerprint density at radius 1 is 0.680 bits per heavy atom. The maximum Gasteiger partial charge on any atom is 0.216 e. The van der Waals surface area contributed by atoms with Crippen molar-refractivity contribution in [2.75, 3.05) is 0 Å². The van der Waals surface area contributed by atoms with Crippen LogP contribution in [0.5, 0.6) is 0 Å². The zero-order chi connectivity index (χ0) is 34.5. The van der Waals surface area contributed by atoms with E-state index in [2.05, 4.69) is 122 Å². The molecule has 0 aliphatic carbocycles. The van der Waals surface area contributed by atoms with E-state index in [4.69, 9.17) is 9.40 Å². The SMILES string of the molecule is CC(C)Cc1cc(-c2[c-]cccc2)nc[c]1[Ge]([CH3])([CH3])[CH3].CC(C)Cc1ccnc(-c2[c-]cc3oc4ncc(-c5ccccc5)cc4c3c2)c1.[Ir]. The molecule has 0 saturated carbocycles. The summed E-state index contributed by atoms with van der Waals surface area (Å²) in [6.07, 6.45) is 8.06. The Morgan fingerprint density at radius 2 is 1.42 bits per heavy atom. The van der Waals surface area contributed by atoms with Gasteiger partial charge in [-0.15, -0.1) is 23.8 Å². The molecule has 50 heavy (non-hydrogen) atoms. The molecule has 4 heterocycles. The molecule has 0 fully saturated rings. The predicted molar refractivity (Wildman–Crippen MR) is 208 cm³/mol. The van der Waals surface area contributed by atoms with Crippen LogP contribution in [-0.4, -0.2) is 28.2 Å². The van der Waals surface area contributed by atoms with E-state index in [1.54, 1.807) is 4.40 Å². The van der Waals surface area contributed by atoms with E-state index in [0.717, 1.165) is 62.8 Å². The number of aromatic nitrogens is 3. The molecule has 6 heteroatoms. The van der Waals surface area contributed by atoms with E-state index < -0.39 is 13.3 Å². The molecule has 0 saturated heterocycles. The Morgan fingerprint density at radius 3 is 2.12 bits per heavy atom. The van der Waals surface area contributed by atoms with Crippen molar-refractivity contribution in [3.8, 4) is 33.6 Å². The van der Waals surface area contributed by atoms with Crippen LogP contribution in [0.1, 0.15) is 38.8 Å². The van der Waals surface area contributed by atoms with Gasteiger partial charge in [0.2, 0.25) is 5.71 Å². The van der Waals surface area contributed by atoms with Crippen LogP contribution >= 0.6 is 0 Å². The van der Waals surface area contributed by atoms with Gasteiger partial charge in [0.1, 0.15) is 0 Å². The van der Waals surface area contributed by atoms with Gasteiger partial charge in [0, 0.05) is 43.4 Å². The zero-order valence-corrected chi connectivity index (χ0v) is 34.5. The van der Waals surface area contributed by atoms with Gasteiger partial charge in [0.15, 0.2) is 0 Å². The first-order chi connectivity index (χ1) is 23.5. The fourth-order valence-electron chi connectivity index (χ4n) is 6.24. The second-order valence-electron chi connectivity index (χ2n) is 14.7. The molecular weight excluding hydrogens is 851 g/mol. The fourth-order valence-corrected chi connectivity index (χ4v) is 9.58. The smallest absolute Gasteiger partial charge is 0.216 e. The second kappa shape index (κ2) is 16.4. The number of pyridine rings is 3. The summed E-state index contributed by atoms with van der Waals surface area (Å²) >= 11 is -1.86. The van der Waals surface area contributed by atoms with E-state index in [9.17, 15) is 0 Å². The van der Waals surface area contributed by atoms with Gasteiger partial charge in [-0.25, -0.2) is 4.98 Å². The van der Waals surface area contributed by atoms with Crippen LogP contribution < -0.4 is 4.40 Å². The summed E-state index contributed by atoms with van der Waals surface area (Å²) in [7, 11) is 0. The summed E-state index contributed by atoms with van der Waals surface area (Å²) < 4.78 is 7.49. The largest absolute Gasteiger partial charge is 0.486 e. The van der Waals surface area contributed by atoms with Crippen LogP contribution in [0, 0.1) is 24.0 Å². The van der Waals surface area contributed by atoms with Gasteiger partial charge in [0.25, 0.3) is 0 Å². The minimum atomic E-state index is -1.86. The molecule has 7 rings (SSSR count). The van der Waals surface area contributed by atoms with Crippen LogP contribution in [-0.2, 0) is 32.9 Å². The van der Waals surface area contributed by atoms with E-state index >= 15 is 0 Å². The summed E-state index contributed by atoms with van der Waals surface area (Å²) in [5.41, 5.74) is 10.5. The standard InChI is InChI=1S/C26H21N2O.C18H24GeN.Ir/c1-17(2)12-18-10-11-27-24(13-18)20-8-9-25-22(14-20)23-15-21(16-28-26(23)29-25)19-6-4-3-5-7-19;1-14(2)11-16-12-18(15-9-7-6-8-10-15)20-13-17(16)19(3,4)5;/h3-7,9-11,13-17H,12H2,1-2H3;6-9,12-14H,11H2,1-5H3;/q2*-1;. The van der Waals surface area contributed by atoms with E-state index in [-0.39, 0.29) is 20.1 Å². The molecule has 0 atom stereocenters. The minimum absolute atomic E-state index is 0. The van der Waals surface area contributed by atoms with Gasteiger partial charge >= 0.3 is 126 Å². The molecule has 0 bridgehead atoms. The number of hydrogen-bond donors (Lipinski definition) is 0. The molecule has 0 N–H and O–H groups in total. The summed E-state index contributed by atoms with van der Waals surface area (Å²) in [5.74, 6) is 8.60. The number of fused-ring (bicyclic) bond motifs is 3. The predicted octanol–water partition coefficient (Wildman–Crippen LogP) is 11.0. The summed E-state index contributed by atoms with van der Waals surface area (Å²) in [6.45, 7) is 9.03. The van der Waals surface area contributed by atoms with Gasteiger partial charge in [0.05, 0.1) is 5.58 Å². The third kappa shape index (κ3) is 9.06. The maximum absolute atomic E-state index is 5.95. The molecule has 3 aromatic carbocycles. The number of nitrogens with zero attached hydrogens (tertiary/aromatic N) is 3. The zero-order valence-electron chi connectivity index (χ0n) is 30.0. The van der Waals surface area contributed by atoms with E-state index in [1.807, 2.05) is 54.9 Å². The first kappa shape index (κ1) is 37.4. The first-order valence-electron chi connectivity index (χ1n) is 17.3. The van der Waals surface area contributed by atoms with Crippen molar-refractivity contribution in [3.63, 3.8) is 0 Å². The molecule has 0 aliphatic rings. The summed E-state index contributed by atoms with van der Waals surface area (Å²) in [4.78, 5) is 13.8. The molecular formula is C44H45GeIrN3O-2. The number of hydrogen-bond acceptors (Lipinski definition) is 4. The average Bonchev–Trinajstić information content (AvgIpc) is 3.46. The van der Waals surface area contributed by atoms with Crippen LogP contribution in [0.15, 0.2) is 114 Å². The monoisotopic (exact) mass is 898 g/mol. The van der Waals surface area contributed by atoms with Crippen LogP contribution in [0.4, 0.5) is 0 Å².